The summed E-state index contributed by atoms with van der Waals surface area (Å²) >= 11 is 0. The molecule has 0 spiro atoms. The number of carbonyl (C=O) groups is 2. The van der Waals surface area contributed by atoms with Crippen molar-refractivity contribution in [1.82, 2.24) is 25.2 Å². The fourth-order valence-corrected chi connectivity index (χ4v) is 3.33. The number of aromatic nitrogens is 3. The van der Waals surface area contributed by atoms with Crippen LogP contribution in [0, 0.1) is 0 Å². The van der Waals surface area contributed by atoms with Crippen LogP contribution in [-0.4, -0.2) is 51.8 Å². The number of hydrogen-bond acceptors (Lipinski definition) is 6. The van der Waals surface area contributed by atoms with Gasteiger partial charge in [0.25, 0.3) is 5.91 Å². The van der Waals surface area contributed by atoms with E-state index in [1.165, 1.54) is 0 Å². The minimum absolute atomic E-state index is 0.142. The molecule has 10 heteroatoms. The van der Waals surface area contributed by atoms with Gasteiger partial charge in [-0.3, -0.25) is 10.1 Å². The summed E-state index contributed by atoms with van der Waals surface area (Å²) in [7, 11) is 0. The predicted octanol–water partition coefficient (Wildman–Crippen LogP) is 1.03. The van der Waals surface area contributed by atoms with Crippen LogP contribution in [0.5, 0.6) is 0 Å². The van der Waals surface area contributed by atoms with Crippen LogP contribution in [0.3, 0.4) is 0 Å². The Morgan fingerprint density at radius 2 is 2.11 bits per heavy atom. The quantitative estimate of drug-likeness (QED) is 0.548. The third kappa shape index (κ3) is 2.96. The summed E-state index contributed by atoms with van der Waals surface area (Å²) in [5.74, 6) is 0.960. The van der Waals surface area contributed by atoms with Gasteiger partial charge in [-0.2, -0.15) is 9.61 Å². The van der Waals surface area contributed by atoms with Gasteiger partial charge in [-0.1, -0.05) is 0 Å². The highest BCUT2D eigenvalue weighted by Gasteiger charge is 2.27. The molecule has 140 valence electrons. The van der Waals surface area contributed by atoms with Crippen LogP contribution in [0.4, 0.5) is 20.8 Å². The predicted molar refractivity (Wildman–Crippen MR) is 96.0 cm³/mol. The molecule has 1 aliphatic carbocycles. The minimum Gasteiger partial charge on any atom is -0.367 e. The van der Waals surface area contributed by atoms with Crippen molar-refractivity contribution in [3.63, 3.8) is 0 Å². The Labute approximate surface area is 153 Å². The first-order chi connectivity index (χ1) is 13.1. The molecule has 1 saturated carbocycles. The van der Waals surface area contributed by atoms with Crippen molar-refractivity contribution in [3.8, 4) is 0 Å². The number of halogens is 1. The van der Waals surface area contributed by atoms with Gasteiger partial charge in [-0.15, -0.1) is 0 Å². The summed E-state index contributed by atoms with van der Waals surface area (Å²) in [6, 6.07) is 1.73. The number of imide groups is 1. The maximum Gasteiger partial charge on any atom is 0.326 e. The van der Waals surface area contributed by atoms with Crippen LogP contribution in [0.15, 0.2) is 18.0 Å². The van der Waals surface area contributed by atoms with E-state index in [1.54, 1.807) is 16.8 Å². The van der Waals surface area contributed by atoms with Crippen molar-refractivity contribution in [2.45, 2.75) is 31.5 Å². The second-order valence-electron chi connectivity index (χ2n) is 7.05. The Morgan fingerprint density at radius 3 is 2.78 bits per heavy atom. The van der Waals surface area contributed by atoms with Crippen molar-refractivity contribution in [3.05, 3.63) is 23.5 Å². The van der Waals surface area contributed by atoms with E-state index in [4.69, 9.17) is 0 Å². The summed E-state index contributed by atoms with van der Waals surface area (Å²) < 4.78 is 15.3. The normalized spacial score (nSPS) is 24.0. The average Bonchev–Trinajstić information content (AvgIpc) is 3.04. The smallest absolute Gasteiger partial charge is 0.326 e. The molecule has 27 heavy (non-hydrogen) atoms. The number of rotatable bonds is 4. The third-order valence-electron chi connectivity index (χ3n) is 4.89. The zero-order valence-electron chi connectivity index (χ0n) is 14.4. The summed E-state index contributed by atoms with van der Waals surface area (Å²) in [6.45, 7) is 0.922. The summed E-state index contributed by atoms with van der Waals surface area (Å²) in [5.41, 5.74) is 1.28. The number of carbonyl (C=O) groups excluding carboxylic acids is 2. The number of nitrogens with zero attached hydrogens (tertiary/aromatic N) is 4. The molecule has 3 aliphatic rings. The van der Waals surface area contributed by atoms with E-state index in [1.807, 2.05) is 11.0 Å². The van der Waals surface area contributed by atoms with Gasteiger partial charge in [0.05, 0.1) is 12.7 Å². The van der Waals surface area contributed by atoms with Gasteiger partial charge in [0, 0.05) is 24.2 Å². The number of amides is 3. The second-order valence-corrected chi connectivity index (χ2v) is 7.05. The van der Waals surface area contributed by atoms with E-state index in [0.717, 1.165) is 18.7 Å². The van der Waals surface area contributed by atoms with Gasteiger partial charge in [0.1, 0.15) is 23.5 Å². The van der Waals surface area contributed by atoms with E-state index in [0.29, 0.717) is 42.6 Å². The number of hydrogen-bond donors (Lipinski definition) is 3. The van der Waals surface area contributed by atoms with Crippen LogP contribution in [-0.2, 0) is 4.79 Å². The first-order valence-corrected chi connectivity index (χ1v) is 8.95. The minimum atomic E-state index is -0.855. The Balaban J connectivity index is 1.59. The lowest BCUT2D eigenvalue weighted by molar-refractivity contribution is -0.115. The van der Waals surface area contributed by atoms with E-state index in [2.05, 4.69) is 26.0 Å². The molecular formula is C17H18FN7O2. The van der Waals surface area contributed by atoms with Crippen molar-refractivity contribution in [1.29, 1.82) is 0 Å². The van der Waals surface area contributed by atoms with E-state index in [9.17, 15) is 14.0 Å². The van der Waals surface area contributed by atoms with Gasteiger partial charge in [-0.05, 0) is 25.3 Å². The van der Waals surface area contributed by atoms with Gasteiger partial charge in [-0.25, -0.2) is 14.2 Å². The molecule has 3 N–H and O–H groups in total. The lowest BCUT2D eigenvalue weighted by Gasteiger charge is -2.18. The number of nitrogens with one attached hydrogen (secondary N) is 3. The van der Waals surface area contributed by atoms with Crippen molar-refractivity contribution < 1.29 is 14.0 Å². The third-order valence-corrected chi connectivity index (χ3v) is 4.89. The maximum absolute atomic E-state index is 13.7. The summed E-state index contributed by atoms with van der Waals surface area (Å²) in [5, 5.41) is 12.4. The molecule has 0 bridgehead atoms. The molecule has 5 rings (SSSR count). The van der Waals surface area contributed by atoms with Crippen molar-refractivity contribution >= 4 is 35.3 Å². The zero-order chi connectivity index (χ0) is 18.5. The number of anilines is 2. The summed E-state index contributed by atoms with van der Waals surface area (Å²) in [4.78, 5) is 29.7. The number of fused-ring (bicyclic) bond motifs is 1. The van der Waals surface area contributed by atoms with Crippen LogP contribution in [0.2, 0.25) is 0 Å². The lowest BCUT2D eigenvalue weighted by atomic mass is 10.2. The molecule has 4 heterocycles. The monoisotopic (exact) mass is 371 g/mol. The van der Waals surface area contributed by atoms with Gasteiger partial charge in [0.2, 0.25) is 0 Å². The fraction of sp³-hybridized carbons (Fsp3) is 0.412. The highest BCUT2D eigenvalue weighted by Crippen LogP contribution is 2.30. The van der Waals surface area contributed by atoms with Crippen LogP contribution < -0.4 is 20.9 Å². The first kappa shape index (κ1) is 16.0. The molecular weight excluding hydrogens is 353 g/mol. The molecule has 0 aromatic carbocycles. The molecule has 9 nitrogen and oxygen atoms in total. The maximum atomic E-state index is 13.7. The molecule has 3 amide bonds. The molecule has 2 aromatic heterocycles. The molecule has 0 unspecified atom stereocenters. The van der Waals surface area contributed by atoms with Gasteiger partial charge in [0.15, 0.2) is 5.65 Å². The summed E-state index contributed by atoms with van der Waals surface area (Å²) in [6.07, 6.45) is 4.96. The standard InChI is InChI=1S/C17H18FN7O2/c18-10-3-4-24(8-10)13-6-14(20-11-1-2-11)25-15(22-13)9(7-19-25)5-12-16(26)23-17(27)21-12/h5-7,10-11,20H,1-4,8H2,(H2,21,23,26,27)/b12-5-/t10-/m0/s1. The van der Waals surface area contributed by atoms with E-state index in [-0.39, 0.29) is 5.70 Å². The van der Waals surface area contributed by atoms with Crippen LogP contribution in [0.1, 0.15) is 24.8 Å². The number of urea groups is 1. The van der Waals surface area contributed by atoms with E-state index < -0.39 is 18.1 Å². The molecule has 2 aliphatic heterocycles. The Morgan fingerprint density at radius 1 is 1.26 bits per heavy atom. The second kappa shape index (κ2) is 5.93. The highest BCUT2D eigenvalue weighted by molar-refractivity contribution is 6.14. The largest absolute Gasteiger partial charge is 0.367 e. The Hall–Kier alpha value is -3.17. The van der Waals surface area contributed by atoms with Gasteiger partial charge < -0.3 is 15.5 Å². The molecule has 2 aromatic rings. The molecule has 2 saturated heterocycles. The van der Waals surface area contributed by atoms with E-state index >= 15 is 0 Å². The Bertz CT molecular complexity index is 981. The van der Waals surface area contributed by atoms with Crippen molar-refractivity contribution in [2.24, 2.45) is 0 Å². The number of alkyl halides is 1. The highest BCUT2D eigenvalue weighted by atomic mass is 19.1. The van der Waals surface area contributed by atoms with Crippen LogP contribution in [0.25, 0.3) is 11.7 Å². The SMILES string of the molecule is O=C1NC(=O)/C(=C/c2cnn3c(NC4CC4)cc(N4CC[C@H](F)C4)nc23)N1. The topological polar surface area (TPSA) is 104 Å². The Kier molecular flexibility index (Phi) is 3.52. The molecule has 1 atom stereocenters. The zero-order valence-corrected chi connectivity index (χ0v) is 14.4. The van der Waals surface area contributed by atoms with Crippen molar-refractivity contribution in [2.75, 3.05) is 23.3 Å². The van der Waals surface area contributed by atoms with Gasteiger partial charge >= 0.3 is 6.03 Å². The molecule has 3 fully saturated rings. The molecule has 0 radical (unpaired) electrons. The first-order valence-electron chi connectivity index (χ1n) is 8.95. The lowest BCUT2D eigenvalue weighted by Crippen LogP contribution is -2.22. The fourth-order valence-electron chi connectivity index (χ4n) is 3.33. The average molecular weight is 371 g/mol. The van der Waals surface area contributed by atoms with Crippen LogP contribution >= 0.6 is 0 Å².